The van der Waals surface area contributed by atoms with E-state index in [1.165, 1.54) is 212 Å². The molecule has 0 spiro atoms. The number of carbonyl (C=O) groups is 1. The summed E-state index contributed by atoms with van der Waals surface area (Å²) in [5.74, 6) is -0.248. The van der Waals surface area contributed by atoms with Crippen LogP contribution in [0.1, 0.15) is 290 Å². The predicted molar refractivity (Wildman–Crippen MR) is 328 cm³/mol. The van der Waals surface area contributed by atoms with Crippen LogP contribution < -0.4 is 5.32 Å². The third-order valence-corrected chi connectivity index (χ3v) is 16.6. The van der Waals surface area contributed by atoms with Gasteiger partial charge in [-0.25, -0.2) is 0 Å². The van der Waals surface area contributed by atoms with Crippen molar-refractivity contribution in [2.45, 2.75) is 364 Å². The number of amides is 1. The molecule has 81 heavy (non-hydrogen) atoms. The van der Waals surface area contributed by atoms with Gasteiger partial charge in [-0.1, -0.05) is 275 Å². The Morgan fingerprint density at radius 1 is 0.432 bits per heavy atom. The normalized spacial score (nSPS) is 24.3. The third kappa shape index (κ3) is 37.4. The second-order valence-corrected chi connectivity index (χ2v) is 23.9. The average molecular weight is 1150 g/mol. The van der Waals surface area contributed by atoms with Crippen molar-refractivity contribution in [1.82, 2.24) is 5.32 Å². The average Bonchev–Trinajstić information content (AvgIpc) is 3.63. The van der Waals surface area contributed by atoms with E-state index in [1.54, 1.807) is 6.08 Å². The number of unbranched alkanes of at least 4 members (excludes halogenated alkanes) is 38. The highest BCUT2D eigenvalue weighted by Gasteiger charge is 2.51. The van der Waals surface area contributed by atoms with Crippen molar-refractivity contribution in [2.75, 3.05) is 19.8 Å². The van der Waals surface area contributed by atoms with E-state index in [2.05, 4.69) is 43.5 Å². The Hall–Kier alpha value is -1.79. The number of ether oxygens (including phenoxy) is 4. The summed E-state index contributed by atoms with van der Waals surface area (Å²) in [7, 11) is 0. The molecule has 2 fully saturated rings. The summed E-state index contributed by atoms with van der Waals surface area (Å²) in [5.41, 5.74) is 0. The van der Waals surface area contributed by atoms with Gasteiger partial charge >= 0.3 is 0 Å². The fourth-order valence-electron chi connectivity index (χ4n) is 11.2. The van der Waals surface area contributed by atoms with Gasteiger partial charge in [0.05, 0.1) is 32.0 Å². The lowest BCUT2D eigenvalue weighted by atomic mass is 9.97. The molecule has 0 aromatic carbocycles. The van der Waals surface area contributed by atoms with Crippen LogP contribution in [0.2, 0.25) is 0 Å². The number of nitrogens with one attached hydrogen (secondary N) is 1. The minimum atomic E-state index is -1.79. The molecule has 2 aliphatic heterocycles. The Morgan fingerprint density at radius 3 is 1.21 bits per heavy atom. The van der Waals surface area contributed by atoms with Crippen molar-refractivity contribution in [3.63, 3.8) is 0 Å². The van der Waals surface area contributed by atoms with Crippen molar-refractivity contribution < 1.29 is 64.6 Å². The van der Waals surface area contributed by atoms with Gasteiger partial charge in [-0.3, -0.25) is 4.79 Å². The molecular weight excluding hydrogens is 1030 g/mol. The van der Waals surface area contributed by atoms with E-state index in [0.29, 0.717) is 12.8 Å². The third-order valence-electron chi connectivity index (χ3n) is 16.6. The molecule has 14 heteroatoms. The lowest BCUT2D eigenvalue weighted by molar-refractivity contribution is -0.359. The predicted octanol–water partition coefficient (Wildman–Crippen LogP) is 13.0. The van der Waals surface area contributed by atoms with Crippen LogP contribution in [-0.4, -0.2) is 140 Å². The Kier molecular flexibility index (Phi) is 48.8. The summed E-state index contributed by atoms with van der Waals surface area (Å²) in [6.07, 6.45) is 49.2. The quantitative estimate of drug-likeness (QED) is 0.0204. The molecule has 0 aromatic rings. The first-order valence-electron chi connectivity index (χ1n) is 33.7. The maximum atomic E-state index is 13.3. The zero-order valence-electron chi connectivity index (χ0n) is 51.5. The van der Waals surface area contributed by atoms with E-state index in [4.69, 9.17) is 18.9 Å². The van der Waals surface area contributed by atoms with Gasteiger partial charge in [0.1, 0.15) is 48.8 Å². The Morgan fingerprint density at radius 2 is 0.790 bits per heavy atom. The van der Waals surface area contributed by atoms with E-state index in [1.807, 2.05) is 6.08 Å². The summed E-state index contributed by atoms with van der Waals surface area (Å²) >= 11 is 0. The minimum Gasteiger partial charge on any atom is -0.394 e. The van der Waals surface area contributed by atoms with Gasteiger partial charge < -0.3 is 65.1 Å². The van der Waals surface area contributed by atoms with Crippen LogP contribution in [0.15, 0.2) is 36.5 Å². The molecule has 0 saturated carbocycles. The SMILES string of the molecule is CCCCCCCCCCC/C=C/CC/C=C/CC/C=C/C(O)C(COC1OC(CO)C(OC2OC(CO)C(O)C(O)C2O)C(O)C1O)NC(=O)CCCCCCCCCCCCCCCCCCCCCCCCCCCCCC. The fraction of sp³-hybridized carbons (Fsp3) is 0.896. The molecule has 0 aromatic heterocycles. The standard InChI is InChI=1S/C67H125NO13/c1-3-5-7-9-11-13-15-17-19-21-23-24-25-26-27-28-29-30-31-33-35-37-39-41-43-45-47-49-51-59(72)68-55(56(71)50-48-46-44-42-40-38-36-34-32-22-20-18-16-14-12-10-8-6-4-2)54-78-66-64(77)62(75)65(58(53-70)80-66)81-67-63(76)61(74)60(73)57(52-69)79-67/h32,34,40,42,48,50,55-58,60-67,69-71,73-77H,3-31,33,35-39,41,43-47,49,51-54H2,1-2H3,(H,68,72)/b34-32+,42-40+,50-48+. The van der Waals surface area contributed by atoms with Gasteiger partial charge in [0.15, 0.2) is 12.6 Å². The first kappa shape index (κ1) is 75.3. The van der Waals surface area contributed by atoms with Gasteiger partial charge in [-0.05, 0) is 44.9 Å². The maximum absolute atomic E-state index is 13.3. The smallest absolute Gasteiger partial charge is 0.220 e. The fourth-order valence-corrected chi connectivity index (χ4v) is 11.2. The summed E-state index contributed by atoms with van der Waals surface area (Å²) in [4.78, 5) is 13.3. The second-order valence-electron chi connectivity index (χ2n) is 23.9. The molecule has 14 nitrogen and oxygen atoms in total. The maximum Gasteiger partial charge on any atom is 0.220 e. The van der Waals surface area contributed by atoms with Gasteiger partial charge in [-0.2, -0.15) is 0 Å². The van der Waals surface area contributed by atoms with E-state index >= 15 is 0 Å². The van der Waals surface area contributed by atoms with Crippen LogP contribution >= 0.6 is 0 Å². The van der Waals surface area contributed by atoms with Crippen molar-refractivity contribution in [3.8, 4) is 0 Å². The molecular formula is C67H125NO13. The van der Waals surface area contributed by atoms with Crippen molar-refractivity contribution >= 4 is 5.91 Å². The first-order valence-corrected chi connectivity index (χ1v) is 33.7. The number of aliphatic hydroxyl groups is 8. The molecule has 1 amide bonds. The molecule has 0 aliphatic carbocycles. The molecule has 12 unspecified atom stereocenters. The van der Waals surface area contributed by atoms with E-state index < -0.39 is 86.8 Å². The molecule has 2 rings (SSSR count). The highest BCUT2D eigenvalue weighted by atomic mass is 16.7. The number of allylic oxidation sites excluding steroid dienone is 5. The number of rotatable bonds is 55. The largest absolute Gasteiger partial charge is 0.394 e. The zero-order chi connectivity index (χ0) is 58.8. The number of hydrogen-bond acceptors (Lipinski definition) is 13. The zero-order valence-corrected chi connectivity index (χ0v) is 51.5. The van der Waals surface area contributed by atoms with E-state index in [0.717, 1.165) is 44.9 Å². The van der Waals surface area contributed by atoms with Crippen molar-refractivity contribution in [3.05, 3.63) is 36.5 Å². The number of aliphatic hydroxyl groups excluding tert-OH is 8. The monoisotopic (exact) mass is 1150 g/mol. The van der Waals surface area contributed by atoms with Crippen LogP contribution in [0.3, 0.4) is 0 Å². The summed E-state index contributed by atoms with van der Waals surface area (Å²) < 4.78 is 22.8. The van der Waals surface area contributed by atoms with Crippen molar-refractivity contribution in [2.24, 2.45) is 0 Å². The topological polar surface area (TPSA) is 228 Å². The van der Waals surface area contributed by atoms with Gasteiger partial charge in [-0.15, -0.1) is 0 Å². The molecule has 476 valence electrons. The van der Waals surface area contributed by atoms with Crippen LogP contribution in [0.5, 0.6) is 0 Å². The Balaban J connectivity index is 1.70. The van der Waals surface area contributed by atoms with Crippen LogP contribution in [-0.2, 0) is 23.7 Å². The van der Waals surface area contributed by atoms with Crippen LogP contribution in [0, 0.1) is 0 Å². The molecule has 2 heterocycles. The number of carbonyl (C=O) groups excluding carboxylic acids is 1. The summed E-state index contributed by atoms with van der Waals surface area (Å²) in [6.45, 7) is 2.81. The summed E-state index contributed by atoms with van der Waals surface area (Å²) in [5, 5.41) is 87.3. The highest BCUT2D eigenvalue weighted by molar-refractivity contribution is 5.76. The summed E-state index contributed by atoms with van der Waals surface area (Å²) in [6, 6.07) is -0.936. The number of hydrogen-bond donors (Lipinski definition) is 9. The van der Waals surface area contributed by atoms with Crippen LogP contribution in [0.25, 0.3) is 0 Å². The van der Waals surface area contributed by atoms with Gasteiger partial charge in [0.2, 0.25) is 5.91 Å². The van der Waals surface area contributed by atoms with Gasteiger partial charge in [0.25, 0.3) is 0 Å². The lowest BCUT2D eigenvalue weighted by Gasteiger charge is -2.46. The second kappa shape index (κ2) is 52.5. The molecule has 2 aliphatic rings. The Labute approximate surface area is 493 Å². The highest BCUT2D eigenvalue weighted by Crippen LogP contribution is 2.30. The minimum absolute atomic E-state index is 0.248. The van der Waals surface area contributed by atoms with Crippen LogP contribution in [0.4, 0.5) is 0 Å². The molecule has 0 radical (unpaired) electrons. The lowest BCUT2D eigenvalue weighted by Crippen LogP contribution is -2.65. The van der Waals surface area contributed by atoms with Gasteiger partial charge in [0, 0.05) is 6.42 Å². The molecule has 12 atom stereocenters. The molecule has 0 bridgehead atoms. The first-order chi connectivity index (χ1) is 39.6. The van der Waals surface area contributed by atoms with E-state index in [-0.39, 0.29) is 18.9 Å². The Bertz CT molecular complexity index is 1500. The molecule has 2 saturated heterocycles. The van der Waals surface area contributed by atoms with Crippen molar-refractivity contribution in [1.29, 1.82) is 0 Å². The molecule has 9 N–H and O–H groups in total. The van der Waals surface area contributed by atoms with E-state index in [9.17, 15) is 45.6 Å².